The Kier molecular flexibility index (Phi) is 6.36. The van der Waals surface area contributed by atoms with Crippen LogP contribution in [0, 0.1) is 5.82 Å². The second kappa shape index (κ2) is 8.75. The molecule has 1 aromatic heterocycles. The van der Waals surface area contributed by atoms with E-state index in [9.17, 15) is 14.0 Å². The van der Waals surface area contributed by atoms with Crippen LogP contribution in [0.4, 0.5) is 10.1 Å². The molecule has 146 valence electrons. The highest BCUT2D eigenvalue weighted by Crippen LogP contribution is 2.25. The SMILES string of the molecule is CCCn1c(S[C@@H](C)C(=O)Nc2ccccc2F)nc2cc(Cl)ccc2c1=O. The molecule has 2 aromatic carbocycles. The average molecular weight is 420 g/mol. The predicted octanol–water partition coefficient (Wildman–Crippen LogP) is 4.72. The van der Waals surface area contributed by atoms with Crippen molar-refractivity contribution in [3.05, 3.63) is 63.7 Å². The monoisotopic (exact) mass is 419 g/mol. The number of amides is 1. The molecule has 0 bridgehead atoms. The molecular formula is C20H19ClFN3O2S. The van der Waals surface area contributed by atoms with E-state index >= 15 is 0 Å². The van der Waals surface area contributed by atoms with E-state index < -0.39 is 11.1 Å². The van der Waals surface area contributed by atoms with Crippen molar-refractivity contribution in [1.29, 1.82) is 0 Å². The Hall–Kier alpha value is -2.38. The topological polar surface area (TPSA) is 64.0 Å². The van der Waals surface area contributed by atoms with Gasteiger partial charge in [0.2, 0.25) is 5.91 Å². The van der Waals surface area contributed by atoms with Gasteiger partial charge in [-0.3, -0.25) is 14.2 Å². The third-order valence-corrected chi connectivity index (χ3v) is 5.44. The summed E-state index contributed by atoms with van der Waals surface area (Å²) in [5, 5.41) is 3.37. The molecular weight excluding hydrogens is 401 g/mol. The first-order valence-corrected chi connectivity index (χ1v) is 10.1. The molecule has 1 atom stereocenters. The zero-order chi connectivity index (χ0) is 20.3. The molecule has 28 heavy (non-hydrogen) atoms. The minimum Gasteiger partial charge on any atom is -0.323 e. The highest BCUT2D eigenvalue weighted by Gasteiger charge is 2.20. The molecule has 5 nitrogen and oxygen atoms in total. The van der Waals surface area contributed by atoms with Crippen molar-refractivity contribution in [2.75, 3.05) is 5.32 Å². The van der Waals surface area contributed by atoms with Crippen molar-refractivity contribution < 1.29 is 9.18 Å². The maximum absolute atomic E-state index is 13.8. The van der Waals surface area contributed by atoms with Gasteiger partial charge in [0.05, 0.1) is 21.8 Å². The lowest BCUT2D eigenvalue weighted by Crippen LogP contribution is -2.27. The van der Waals surface area contributed by atoms with Crippen molar-refractivity contribution in [1.82, 2.24) is 9.55 Å². The Morgan fingerprint density at radius 1 is 1.32 bits per heavy atom. The van der Waals surface area contributed by atoms with E-state index in [4.69, 9.17) is 11.6 Å². The lowest BCUT2D eigenvalue weighted by atomic mass is 10.2. The second-order valence-corrected chi connectivity index (χ2v) is 7.99. The van der Waals surface area contributed by atoms with Gasteiger partial charge in [0, 0.05) is 11.6 Å². The number of halogens is 2. The molecule has 3 aromatic rings. The molecule has 3 rings (SSSR count). The zero-order valence-electron chi connectivity index (χ0n) is 15.4. The second-order valence-electron chi connectivity index (χ2n) is 6.24. The first-order valence-electron chi connectivity index (χ1n) is 8.83. The quantitative estimate of drug-likeness (QED) is 0.464. The molecule has 1 heterocycles. The Labute approximate surface area is 170 Å². The molecule has 0 aliphatic heterocycles. The van der Waals surface area contributed by atoms with Crippen LogP contribution in [0.1, 0.15) is 20.3 Å². The van der Waals surface area contributed by atoms with Crippen LogP contribution < -0.4 is 10.9 Å². The molecule has 0 fully saturated rings. The fourth-order valence-corrected chi connectivity index (χ4v) is 3.79. The number of carbonyl (C=O) groups is 1. The molecule has 0 radical (unpaired) electrons. The number of hydrogen-bond donors (Lipinski definition) is 1. The van der Waals surface area contributed by atoms with E-state index in [2.05, 4.69) is 10.3 Å². The molecule has 8 heteroatoms. The molecule has 0 saturated carbocycles. The first kappa shape index (κ1) is 20.4. The van der Waals surface area contributed by atoms with E-state index in [1.54, 1.807) is 41.8 Å². The Balaban J connectivity index is 1.91. The number of thioether (sulfide) groups is 1. The van der Waals surface area contributed by atoms with Gasteiger partial charge in [-0.15, -0.1) is 0 Å². The maximum atomic E-state index is 13.8. The molecule has 1 amide bonds. The summed E-state index contributed by atoms with van der Waals surface area (Å²) in [6.45, 7) is 4.13. The van der Waals surface area contributed by atoms with E-state index in [1.165, 1.54) is 12.1 Å². The van der Waals surface area contributed by atoms with Gasteiger partial charge in [-0.2, -0.15) is 0 Å². The van der Waals surface area contributed by atoms with Crippen LogP contribution in [0.2, 0.25) is 5.02 Å². The largest absolute Gasteiger partial charge is 0.323 e. The number of hydrogen-bond acceptors (Lipinski definition) is 4. The first-order chi connectivity index (χ1) is 13.4. The highest BCUT2D eigenvalue weighted by molar-refractivity contribution is 8.00. The number of aromatic nitrogens is 2. The number of fused-ring (bicyclic) bond motifs is 1. The van der Waals surface area contributed by atoms with Crippen LogP contribution in [0.25, 0.3) is 10.9 Å². The predicted molar refractivity (Wildman–Crippen MR) is 112 cm³/mol. The summed E-state index contributed by atoms with van der Waals surface area (Å²) >= 11 is 7.18. The van der Waals surface area contributed by atoms with Gasteiger partial charge >= 0.3 is 0 Å². The summed E-state index contributed by atoms with van der Waals surface area (Å²) < 4.78 is 15.3. The van der Waals surface area contributed by atoms with Gasteiger partial charge in [0.15, 0.2) is 5.16 Å². The van der Waals surface area contributed by atoms with Crippen molar-refractivity contribution in [2.24, 2.45) is 0 Å². The smallest absolute Gasteiger partial charge is 0.262 e. The molecule has 0 unspecified atom stereocenters. The van der Waals surface area contributed by atoms with Crippen LogP contribution in [0.3, 0.4) is 0 Å². The number of rotatable bonds is 6. The molecule has 0 saturated heterocycles. The van der Waals surface area contributed by atoms with Crippen LogP contribution >= 0.6 is 23.4 Å². The van der Waals surface area contributed by atoms with Gasteiger partial charge in [-0.1, -0.05) is 42.4 Å². The minimum atomic E-state index is -0.591. The number of nitrogens with zero attached hydrogens (tertiary/aromatic N) is 2. The minimum absolute atomic E-state index is 0.115. The van der Waals surface area contributed by atoms with Gasteiger partial charge in [-0.05, 0) is 43.7 Å². The van der Waals surface area contributed by atoms with E-state index in [0.717, 1.165) is 18.2 Å². The van der Waals surface area contributed by atoms with Crippen molar-refractivity contribution in [3.8, 4) is 0 Å². The number of carbonyl (C=O) groups excluding carboxylic acids is 1. The summed E-state index contributed by atoms with van der Waals surface area (Å²) in [5.74, 6) is -0.881. The fraction of sp³-hybridized carbons (Fsp3) is 0.250. The highest BCUT2D eigenvalue weighted by atomic mass is 35.5. The molecule has 0 aliphatic carbocycles. The lowest BCUT2D eigenvalue weighted by molar-refractivity contribution is -0.115. The van der Waals surface area contributed by atoms with Crippen molar-refractivity contribution in [3.63, 3.8) is 0 Å². The summed E-state index contributed by atoms with van der Waals surface area (Å²) in [7, 11) is 0. The third kappa shape index (κ3) is 4.36. The van der Waals surface area contributed by atoms with Gasteiger partial charge in [0.1, 0.15) is 5.82 Å². The normalized spacial score (nSPS) is 12.1. The lowest BCUT2D eigenvalue weighted by Gasteiger charge is -2.16. The van der Waals surface area contributed by atoms with Crippen molar-refractivity contribution >= 4 is 45.9 Å². The summed E-state index contributed by atoms with van der Waals surface area (Å²) in [6, 6.07) is 10.9. The Morgan fingerprint density at radius 2 is 2.07 bits per heavy atom. The van der Waals surface area contributed by atoms with Crippen molar-refractivity contribution in [2.45, 2.75) is 37.2 Å². The standard InChI is InChI=1S/C20H19ClFN3O2S/c1-3-10-25-19(27)14-9-8-13(21)11-17(14)24-20(25)28-12(2)18(26)23-16-7-5-4-6-15(16)22/h4-9,11-12H,3,10H2,1-2H3,(H,23,26)/t12-/m0/s1. The molecule has 1 N–H and O–H groups in total. The van der Waals surface area contributed by atoms with Gasteiger partial charge in [-0.25, -0.2) is 9.37 Å². The molecule has 0 aliphatic rings. The molecule has 0 spiro atoms. The number of nitrogens with one attached hydrogen (secondary N) is 1. The maximum Gasteiger partial charge on any atom is 0.262 e. The van der Waals surface area contributed by atoms with Crippen LogP contribution in [-0.2, 0) is 11.3 Å². The summed E-state index contributed by atoms with van der Waals surface area (Å²) in [6.07, 6.45) is 0.740. The summed E-state index contributed by atoms with van der Waals surface area (Å²) in [4.78, 5) is 29.9. The fourth-order valence-electron chi connectivity index (χ4n) is 2.69. The summed E-state index contributed by atoms with van der Waals surface area (Å²) in [5.41, 5.74) is 0.422. The van der Waals surface area contributed by atoms with E-state index in [1.807, 2.05) is 6.92 Å². The Morgan fingerprint density at radius 3 is 2.79 bits per heavy atom. The van der Waals surface area contributed by atoms with Gasteiger partial charge < -0.3 is 5.32 Å². The Bertz CT molecular complexity index is 1090. The number of anilines is 1. The van der Waals surface area contributed by atoms with Gasteiger partial charge in [0.25, 0.3) is 5.56 Å². The zero-order valence-corrected chi connectivity index (χ0v) is 17.0. The number of benzene rings is 2. The number of para-hydroxylation sites is 1. The average Bonchev–Trinajstić information content (AvgIpc) is 2.66. The van der Waals surface area contributed by atoms with Crippen LogP contribution in [0.15, 0.2) is 52.4 Å². The van der Waals surface area contributed by atoms with E-state index in [-0.39, 0.29) is 17.2 Å². The van der Waals surface area contributed by atoms with E-state index in [0.29, 0.717) is 27.6 Å². The third-order valence-electron chi connectivity index (χ3n) is 4.11. The van der Waals surface area contributed by atoms with Crippen LogP contribution in [-0.4, -0.2) is 20.7 Å². The van der Waals surface area contributed by atoms with Crippen LogP contribution in [0.5, 0.6) is 0 Å².